The van der Waals surface area contributed by atoms with Gasteiger partial charge in [0.2, 0.25) is 0 Å². The normalized spacial score (nSPS) is 4.29. The van der Waals surface area contributed by atoms with Gasteiger partial charge in [-0.15, -0.1) is 0 Å². The smallest absolute Gasteiger partial charge is 0.412 e. The van der Waals surface area contributed by atoms with E-state index in [4.69, 9.17) is 76.6 Å². The Bertz CT molecular complexity index is 216. The third-order valence-electron chi connectivity index (χ3n) is 0. The Hall–Kier alpha value is -2.24. The number of hydrogen-bond donors (Lipinski definition) is 0. The van der Waals surface area contributed by atoms with Gasteiger partial charge in [-0.1, -0.05) is 0 Å². The number of hydrogen-bond acceptors (Lipinski definition) is 15. The molecule has 169 valence electrons. The third kappa shape index (κ3) is 2450. The van der Waals surface area contributed by atoms with E-state index in [1.807, 2.05) is 0 Å². The molecule has 28 heavy (non-hydrogen) atoms. The number of nitrogens with zero attached hydrogens (tertiary/aromatic N) is 5. The van der Waals surface area contributed by atoms with Crippen LogP contribution in [-0.4, -0.2) is 58.3 Å². The van der Waals surface area contributed by atoms with Crippen molar-refractivity contribution in [3.63, 3.8) is 0 Å². The van der Waals surface area contributed by atoms with Gasteiger partial charge in [0, 0.05) is 0 Å². The molecule has 1 radical (unpaired) electrons. The zero-order valence-corrected chi connectivity index (χ0v) is 18.7. The van der Waals surface area contributed by atoms with Crippen LogP contribution in [0.2, 0.25) is 0 Å². The molecular formula is H12CeN5O21Zn. The molecule has 0 aliphatic carbocycles. The van der Waals surface area contributed by atoms with Crippen molar-refractivity contribution in [2.45, 2.75) is 0 Å². The monoisotopic (exact) mass is 622 g/mol. The molecule has 0 amide bonds. The van der Waals surface area contributed by atoms with Crippen molar-refractivity contribution in [1.29, 1.82) is 0 Å². The largest absolute Gasteiger partial charge is 3.00 e. The topological polar surface area (TPSA) is 520 Å². The summed E-state index contributed by atoms with van der Waals surface area (Å²) < 4.78 is 0. The Labute approximate surface area is 195 Å². The van der Waals surface area contributed by atoms with E-state index in [0.717, 1.165) is 0 Å². The molecular weight excluding hydrogens is 612 g/mol. The summed E-state index contributed by atoms with van der Waals surface area (Å²) in [4.78, 5) is 41.2. The minimum Gasteiger partial charge on any atom is -0.412 e. The Morgan fingerprint density at radius 1 is 0.321 bits per heavy atom. The van der Waals surface area contributed by atoms with Gasteiger partial charge in [0.25, 0.3) is 0 Å². The second kappa shape index (κ2) is 85.9. The van der Waals surface area contributed by atoms with Gasteiger partial charge in [-0.2, -0.15) is 0 Å². The third-order valence-corrected chi connectivity index (χ3v) is 0. The molecule has 12 N–H and O–H groups in total. The molecule has 0 bridgehead atoms. The van der Waals surface area contributed by atoms with Crippen molar-refractivity contribution in [1.82, 2.24) is 0 Å². The summed E-state index contributed by atoms with van der Waals surface area (Å²) in [5.41, 5.74) is 0. The van der Waals surface area contributed by atoms with Crippen LogP contribution in [0.15, 0.2) is 0 Å². The maximum atomic E-state index is 8.25. The molecule has 0 fully saturated rings. The average molecular weight is 624 g/mol. The summed E-state index contributed by atoms with van der Waals surface area (Å²) in [7, 11) is 0. The van der Waals surface area contributed by atoms with Crippen molar-refractivity contribution >= 4 is 0 Å². The van der Waals surface area contributed by atoms with Gasteiger partial charge in [0.05, 0.1) is 25.4 Å². The van der Waals surface area contributed by atoms with Gasteiger partial charge in [-0.3, -0.25) is 0 Å². The summed E-state index contributed by atoms with van der Waals surface area (Å²) in [6.45, 7) is 0. The zero-order valence-electron chi connectivity index (χ0n) is 12.6. The minimum absolute atomic E-state index is 0. The summed E-state index contributed by atoms with van der Waals surface area (Å²) in [6, 6.07) is 0. The SMILES string of the molecule is O.O.O.O.O.O.O=[N+]([O-])[O-].O=[N+]([O-])[O-].O=[N+]([O-])[O-].O=[N+]([O-])[O-].O=[N+]([O-])[O-].[Ce+3].[Zn+2]. The zero-order chi connectivity index (χ0) is 17.9. The summed E-state index contributed by atoms with van der Waals surface area (Å²) >= 11 is 0. The molecule has 0 atom stereocenters. The van der Waals surface area contributed by atoms with Crippen molar-refractivity contribution in [2.24, 2.45) is 0 Å². The molecule has 26 nitrogen and oxygen atoms in total. The average Bonchev–Trinajstić information content (AvgIpc) is 1.94. The van der Waals surface area contributed by atoms with Crippen LogP contribution in [0.3, 0.4) is 0 Å². The van der Waals surface area contributed by atoms with E-state index in [9.17, 15) is 0 Å². The van der Waals surface area contributed by atoms with E-state index < -0.39 is 25.4 Å². The first kappa shape index (κ1) is 97.0. The van der Waals surface area contributed by atoms with Crippen LogP contribution in [0.25, 0.3) is 0 Å². The fraction of sp³-hybridized carbons (Fsp3) is 0. The van der Waals surface area contributed by atoms with E-state index >= 15 is 0 Å². The Morgan fingerprint density at radius 2 is 0.321 bits per heavy atom. The van der Waals surface area contributed by atoms with Crippen molar-refractivity contribution in [3.8, 4) is 0 Å². The van der Waals surface area contributed by atoms with E-state index in [1.54, 1.807) is 0 Å². The molecule has 0 heterocycles. The predicted molar refractivity (Wildman–Crippen MR) is 73.5 cm³/mol. The quantitative estimate of drug-likeness (QED) is 0.137. The maximum absolute atomic E-state index is 8.25. The minimum atomic E-state index is -1.75. The molecule has 0 saturated heterocycles. The van der Waals surface area contributed by atoms with Crippen LogP contribution < -0.4 is 0 Å². The van der Waals surface area contributed by atoms with Gasteiger partial charge in [0.1, 0.15) is 0 Å². The van der Waals surface area contributed by atoms with E-state index in [-0.39, 0.29) is 94.1 Å². The van der Waals surface area contributed by atoms with Crippen LogP contribution in [-0.2, 0) is 19.5 Å². The van der Waals surface area contributed by atoms with Gasteiger partial charge in [0.15, 0.2) is 0 Å². The first-order valence-corrected chi connectivity index (χ1v) is 2.74. The Kier molecular flexibility index (Phi) is 297. The van der Waals surface area contributed by atoms with E-state index in [1.165, 1.54) is 0 Å². The van der Waals surface area contributed by atoms with E-state index in [2.05, 4.69) is 0 Å². The van der Waals surface area contributed by atoms with Crippen LogP contribution in [0.4, 0.5) is 0 Å². The summed E-state index contributed by atoms with van der Waals surface area (Å²) in [5, 5.41) is 73.8. The first-order chi connectivity index (χ1) is 8.66. The molecule has 0 rings (SSSR count). The second-order valence-electron chi connectivity index (χ2n) is 1.12. The molecule has 28 heteroatoms. The molecule has 0 saturated carbocycles. The Balaban J connectivity index is -0.00000000852. The van der Waals surface area contributed by atoms with Crippen LogP contribution in [0.1, 0.15) is 0 Å². The predicted octanol–water partition coefficient (Wildman–Crippen LogP) is -6.15. The Morgan fingerprint density at radius 3 is 0.321 bits per heavy atom. The first-order valence-electron chi connectivity index (χ1n) is 2.74. The standard InChI is InChI=1S/Ce.5NO3.6H2O.Zn/c;5*2-1(3)4;;;;;;;/h;;;;;;6*1H2;/q+3;5*-1;;;;;;;+2. The van der Waals surface area contributed by atoms with E-state index in [0.29, 0.717) is 0 Å². The van der Waals surface area contributed by atoms with Crippen LogP contribution >= 0.6 is 0 Å². The van der Waals surface area contributed by atoms with Gasteiger partial charge < -0.3 is 109 Å². The summed E-state index contributed by atoms with van der Waals surface area (Å²) in [6.07, 6.45) is 0. The molecule has 0 aromatic carbocycles. The second-order valence-corrected chi connectivity index (χ2v) is 1.12. The molecule has 0 aliphatic heterocycles. The summed E-state index contributed by atoms with van der Waals surface area (Å²) in [5.74, 6) is 0. The van der Waals surface area contributed by atoms with Gasteiger partial charge in [-0.25, -0.2) is 0 Å². The molecule has 0 aromatic rings. The fourth-order valence-corrected chi connectivity index (χ4v) is 0. The van der Waals surface area contributed by atoms with Crippen molar-refractivity contribution < 1.29 is 120 Å². The molecule has 0 unspecified atom stereocenters. The molecule has 0 spiro atoms. The number of rotatable bonds is 0. The molecule has 0 aliphatic rings. The van der Waals surface area contributed by atoms with Crippen LogP contribution in [0, 0.1) is 118 Å². The van der Waals surface area contributed by atoms with Crippen LogP contribution in [0.5, 0.6) is 0 Å². The van der Waals surface area contributed by atoms with Crippen molar-refractivity contribution in [2.75, 3.05) is 0 Å². The maximum Gasteiger partial charge on any atom is 3.00 e. The fourth-order valence-electron chi connectivity index (χ4n) is 0. The van der Waals surface area contributed by atoms with Crippen molar-refractivity contribution in [3.05, 3.63) is 76.6 Å². The van der Waals surface area contributed by atoms with Gasteiger partial charge >= 0.3 is 61.2 Å². The molecule has 0 aromatic heterocycles. The van der Waals surface area contributed by atoms with Gasteiger partial charge in [-0.05, 0) is 0 Å².